The number of fused-ring (bicyclic) bond motifs is 12. The van der Waals surface area contributed by atoms with Gasteiger partial charge in [0.05, 0.1) is 11.7 Å². The lowest BCUT2D eigenvalue weighted by Crippen LogP contribution is -2.15. The van der Waals surface area contributed by atoms with Gasteiger partial charge in [0.2, 0.25) is 0 Å². The standard InChI is InChI=1S/C51H40N2.C2H6/c1-32(53-49-25-15-13-23-42(49)45-30-44-41-22-12-14-24-46(41)51(3,4)47(44)31-50(45)53)28-48(52-33(2)34-16-6-5-7-17-34)35-26-27-40-38-20-9-8-18-36(38)37-19-10-11-21-39(37)43(40)29-35;1-2/h5-32H,1-4H3;1-2H3/b48-28-,52-33?;. The van der Waals surface area contributed by atoms with Gasteiger partial charge in [0.15, 0.2) is 0 Å². The quantitative estimate of drug-likeness (QED) is 0.125. The van der Waals surface area contributed by atoms with Crippen LogP contribution in [-0.2, 0) is 5.41 Å². The van der Waals surface area contributed by atoms with Crippen LogP contribution in [0.15, 0.2) is 169 Å². The minimum absolute atomic E-state index is 0.00806. The molecular formula is C53H46N2. The third kappa shape index (κ3) is 5.50. The molecule has 1 aromatic heterocycles. The number of nitrogens with zero attached hydrogens (tertiary/aromatic N) is 2. The van der Waals surface area contributed by atoms with Crippen LogP contribution in [0.25, 0.3) is 70.9 Å². The van der Waals surface area contributed by atoms with Crippen LogP contribution in [0, 0.1) is 0 Å². The van der Waals surface area contributed by atoms with E-state index >= 15 is 0 Å². The molecule has 0 spiro atoms. The van der Waals surface area contributed by atoms with E-state index in [-0.39, 0.29) is 11.5 Å². The van der Waals surface area contributed by atoms with E-state index in [1.807, 2.05) is 13.8 Å². The van der Waals surface area contributed by atoms with Crippen molar-refractivity contribution >= 4 is 65.5 Å². The molecule has 2 nitrogen and oxygen atoms in total. The van der Waals surface area contributed by atoms with Crippen LogP contribution in [0.2, 0.25) is 0 Å². The van der Waals surface area contributed by atoms with Crippen molar-refractivity contribution in [2.24, 2.45) is 4.99 Å². The molecule has 1 atom stereocenters. The Morgan fingerprint density at radius 3 is 1.76 bits per heavy atom. The van der Waals surface area contributed by atoms with Crippen LogP contribution in [-0.4, -0.2) is 10.3 Å². The Hall–Kier alpha value is -6.25. The summed E-state index contributed by atoms with van der Waals surface area (Å²) in [6, 6.07) is 57.8. The van der Waals surface area contributed by atoms with E-state index in [4.69, 9.17) is 4.99 Å². The molecule has 268 valence electrons. The molecule has 0 fully saturated rings. The monoisotopic (exact) mass is 710 g/mol. The van der Waals surface area contributed by atoms with Crippen molar-refractivity contribution in [2.75, 3.05) is 0 Å². The lowest BCUT2D eigenvalue weighted by molar-refractivity contribution is 0.659. The van der Waals surface area contributed by atoms with Crippen LogP contribution in [0.5, 0.6) is 0 Å². The molecule has 1 aliphatic rings. The predicted octanol–water partition coefficient (Wildman–Crippen LogP) is 14.7. The number of para-hydroxylation sites is 1. The zero-order valence-corrected chi connectivity index (χ0v) is 32.6. The van der Waals surface area contributed by atoms with Crippen LogP contribution in [0.1, 0.15) is 69.8 Å². The summed E-state index contributed by atoms with van der Waals surface area (Å²) in [5.74, 6) is 0. The Balaban J connectivity index is 0.00000195. The molecule has 0 saturated carbocycles. The normalized spacial score (nSPS) is 14.3. The molecule has 8 aromatic carbocycles. The lowest BCUT2D eigenvalue weighted by Gasteiger charge is -2.22. The minimum Gasteiger partial charge on any atom is -0.334 e. The van der Waals surface area contributed by atoms with E-state index in [0.717, 1.165) is 22.5 Å². The van der Waals surface area contributed by atoms with Crippen molar-refractivity contribution in [1.82, 2.24) is 4.57 Å². The zero-order chi connectivity index (χ0) is 37.8. The van der Waals surface area contributed by atoms with Crippen LogP contribution >= 0.6 is 0 Å². The molecule has 0 N–H and O–H groups in total. The van der Waals surface area contributed by atoms with Crippen molar-refractivity contribution in [3.05, 3.63) is 186 Å². The first-order chi connectivity index (χ1) is 26.9. The van der Waals surface area contributed by atoms with E-state index in [1.54, 1.807) is 0 Å². The lowest BCUT2D eigenvalue weighted by atomic mass is 9.82. The fourth-order valence-electron chi connectivity index (χ4n) is 9.12. The third-order valence-electron chi connectivity index (χ3n) is 11.7. The highest BCUT2D eigenvalue weighted by Gasteiger charge is 2.36. The number of hydrogen-bond donors (Lipinski definition) is 0. The number of benzene rings is 8. The molecule has 10 rings (SSSR count). The van der Waals surface area contributed by atoms with Gasteiger partial charge in [0, 0.05) is 38.5 Å². The Morgan fingerprint density at radius 1 is 0.509 bits per heavy atom. The average Bonchev–Trinajstić information content (AvgIpc) is 3.68. The van der Waals surface area contributed by atoms with Crippen molar-refractivity contribution in [3.8, 4) is 11.1 Å². The van der Waals surface area contributed by atoms with Gasteiger partial charge in [-0.25, -0.2) is 0 Å². The van der Waals surface area contributed by atoms with Gasteiger partial charge < -0.3 is 4.57 Å². The highest BCUT2D eigenvalue weighted by Crippen LogP contribution is 2.51. The maximum absolute atomic E-state index is 5.45. The average molecular weight is 711 g/mol. The molecule has 9 aromatic rings. The second kappa shape index (κ2) is 13.6. The fraction of sp³-hybridized carbons (Fsp3) is 0.151. The van der Waals surface area contributed by atoms with Crippen molar-refractivity contribution in [1.29, 1.82) is 0 Å². The first-order valence-electron chi connectivity index (χ1n) is 19.7. The molecule has 0 aliphatic heterocycles. The van der Waals surface area contributed by atoms with E-state index < -0.39 is 0 Å². The van der Waals surface area contributed by atoms with Gasteiger partial charge in [-0.15, -0.1) is 0 Å². The van der Waals surface area contributed by atoms with E-state index in [1.165, 1.54) is 76.4 Å². The summed E-state index contributed by atoms with van der Waals surface area (Å²) in [7, 11) is 0. The van der Waals surface area contributed by atoms with Crippen molar-refractivity contribution < 1.29 is 0 Å². The number of rotatable bonds is 5. The third-order valence-corrected chi connectivity index (χ3v) is 11.7. The summed E-state index contributed by atoms with van der Waals surface area (Å²) in [4.78, 5) is 5.45. The van der Waals surface area contributed by atoms with Crippen LogP contribution < -0.4 is 0 Å². The summed E-state index contributed by atoms with van der Waals surface area (Å²) in [5, 5.41) is 10.2. The summed E-state index contributed by atoms with van der Waals surface area (Å²) in [6.45, 7) is 13.2. The summed E-state index contributed by atoms with van der Waals surface area (Å²) >= 11 is 0. The van der Waals surface area contributed by atoms with Gasteiger partial charge >= 0.3 is 0 Å². The Labute approximate surface area is 324 Å². The molecule has 1 unspecified atom stereocenters. The SMILES string of the molecule is CC.CC(=N/C(=C\C(C)n1c2ccccc2c2cc3c(cc21)C(C)(C)c1ccccc1-3)c1ccc2c3ccccc3c3ccccc3c2c1)c1ccccc1. The maximum atomic E-state index is 5.45. The van der Waals surface area contributed by atoms with Gasteiger partial charge in [-0.05, 0) is 104 Å². The van der Waals surface area contributed by atoms with Gasteiger partial charge in [0.1, 0.15) is 0 Å². The molecule has 55 heavy (non-hydrogen) atoms. The topological polar surface area (TPSA) is 17.3 Å². The number of allylic oxidation sites excluding steroid dienone is 1. The Kier molecular flexibility index (Phi) is 8.50. The molecular weight excluding hydrogens is 665 g/mol. The fourth-order valence-corrected chi connectivity index (χ4v) is 9.12. The van der Waals surface area contributed by atoms with E-state index in [2.05, 4.69) is 196 Å². The molecule has 0 saturated heterocycles. The molecule has 0 amide bonds. The summed E-state index contributed by atoms with van der Waals surface area (Å²) in [6.07, 6.45) is 2.37. The molecule has 1 heterocycles. The second-order valence-corrected chi connectivity index (χ2v) is 15.2. The molecule has 1 aliphatic carbocycles. The van der Waals surface area contributed by atoms with E-state index in [0.29, 0.717) is 0 Å². The van der Waals surface area contributed by atoms with Crippen molar-refractivity contribution in [3.63, 3.8) is 0 Å². The van der Waals surface area contributed by atoms with Crippen LogP contribution in [0.4, 0.5) is 0 Å². The number of aliphatic imine (C=N–C) groups is 1. The molecule has 2 heteroatoms. The first kappa shape index (κ1) is 34.5. The Bertz CT molecular complexity index is 2960. The smallest absolute Gasteiger partial charge is 0.0686 e. The van der Waals surface area contributed by atoms with Crippen LogP contribution in [0.3, 0.4) is 0 Å². The van der Waals surface area contributed by atoms with Gasteiger partial charge in [-0.2, -0.15) is 0 Å². The first-order valence-corrected chi connectivity index (χ1v) is 19.7. The highest BCUT2D eigenvalue weighted by molar-refractivity contribution is 6.25. The largest absolute Gasteiger partial charge is 0.334 e. The summed E-state index contributed by atoms with van der Waals surface area (Å²) in [5.41, 5.74) is 12.1. The van der Waals surface area contributed by atoms with Gasteiger partial charge in [-0.1, -0.05) is 161 Å². The second-order valence-electron chi connectivity index (χ2n) is 15.2. The molecule has 0 radical (unpaired) electrons. The number of hydrogen-bond acceptors (Lipinski definition) is 1. The van der Waals surface area contributed by atoms with E-state index in [9.17, 15) is 0 Å². The predicted molar refractivity (Wildman–Crippen MR) is 239 cm³/mol. The van der Waals surface area contributed by atoms with Crippen molar-refractivity contribution in [2.45, 2.75) is 53.0 Å². The summed E-state index contributed by atoms with van der Waals surface area (Å²) < 4.78 is 2.53. The van der Waals surface area contributed by atoms with Gasteiger partial charge in [0.25, 0.3) is 0 Å². The Morgan fingerprint density at radius 2 is 1.07 bits per heavy atom. The van der Waals surface area contributed by atoms with Gasteiger partial charge in [-0.3, -0.25) is 4.99 Å². The highest BCUT2D eigenvalue weighted by atomic mass is 15.0. The molecule has 0 bridgehead atoms. The minimum atomic E-state index is -0.0826. The number of aromatic nitrogens is 1. The maximum Gasteiger partial charge on any atom is 0.0686 e. The zero-order valence-electron chi connectivity index (χ0n) is 32.6.